The summed E-state index contributed by atoms with van der Waals surface area (Å²) in [5.74, 6) is -0.897. The summed E-state index contributed by atoms with van der Waals surface area (Å²) in [5.41, 5.74) is 0.727. The SMILES string of the molecule is C=CCCOC1(C(=O)O)CCc2ccccc21. The highest BCUT2D eigenvalue weighted by Crippen LogP contribution is 2.40. The lowest BCUT2D eigenvalue weighted by molar-refractivity contribution is -0.167. The number of carboxylic acids is 1. The van der Waals surface area contributed by atoms with E-state index in [4.69, 9.17) is 4.74 Å². The Labute approximate surface area is 101 Å². The predicted octanol–water partition coefficient (Wildman–Crippen LogP) is 2.51. The van der Waals surface area contributed by atoms with Crippen LogP contribution in [0.2, 0.25) is 0 Å². The van der Waals surface area contributed by atoms with Crippen molar-refractivity contribution >= 4 is 5.97 Å². The van der Waals surface area contributed by atoms with Gasteiger partial charge < -0.3 is 9.84 Å². The molecule has 0 heterocycles. The van der Waals surface area contributed by atoms with Gasteiger partial charge in [0.25, 0.3) is 0 Å². The van der Waals surface area contributed by atoms with Gasteiger partial charge in [0.15, 0.2) is 5.60 Å². The largest absolute Gasteiger partial charge is 0.479 e. The van der Waals surface area contributed by atoms with Gasteiger partial charge in [0.1, 0.15) is 0 Å². The average Bonchev–Trinajstić information content (AvgIpc) is 2.70. The molecule has 1 aromatic carbocycles. The summed E-state index contributed by atoms with van der Waals surface area (Å²) in [7, 11) is 0. The zero-order valence-corrected chi connectivity index (χ0v) is 9.69. The molecule has 1 unspecified atom stereocenters. The molecular weight excluding hydrogens is 216 g/mol. The number of benzene rings is 1. The first-order valence-corrected chi connectivity index (χ1v) is 5.77. The van der Waals surface area contributed by atoms with E-state index >= 15 is 0 Å². The molecule has 0 saturated carbocycles. The highest BCUT2D eigenvalue weighted by atomic mass is 16.5. The predicted molar refractivity (Wildman–Crippen MR) is 64.8 cm³/mol. The second-order valence-corrected chi connectivity index (χ2v) is 4.22. The number of fused-ring (bicyclic) bond motifs is 1. The first-order valence-electron chi connectivity index (χ1n) is 5.77. The van der Waals surface area contributed by atoms with E-state index in [0.717, 1.165) is 17.5 Å². The monoisotopic (exact) mass is 232 g/mol. The maximum atomic E-state index is 11.5. The molecule has 1 aliphatic rings. The quantitative estimate of drug-likeness (QED) is 0.626. The van der Waals surface area contributed by atoms with Crippen molar-refractivity contribution in [3.05, 3.63) is 48.0 Å². The number of carbonyl (C=O) groups is 1. The highest BCUT2D eigenvalue weighted by molar-refractivity contribution is 5.81. The number of aliphatic carboxylic acids is 1. The van der Waals surface area contributed by atoms with E-state index in [1.807, 2.05) is 24.3 Å². The molecule has 0 saturated heterocycles. The first-order chi connectivity index (χ1) is 8.20. The normalized spacial score (nSPS) is 22.1. The summed E-state index contributed by atoms with van der Waals surface area (Å²) < 4.78 is 5.65. The molecule has 0 amide bonds. The van der Waals surface area contributed by atoms with Crippen molar-refractivity contribution in [2.24, 2.45) is 0 Å². The molecule has 0 radical (unpaired) electrons. The fourth-order valence-corrected chi connectivity index (χ4v) is 2.33. The van der Waals surface area contributed by atoms with Gasteiger partial charge in [-0.3, -0.25) is 0 Å². The summed E-state index contributed by atoms with van der Waals surface area (Å²) in [5, 5.41) is 9.46. The molecular formula is C14H16O3. The number of rotatable bonds is 5. The Balaban J connectivity index is 2.31. The molecule has 17 heavy (non-hydrogen) atoms. The lowest BCUT2D eigenvalue weighted by Crippen LogP contribution is -2.36. The minimum atomic E-state index is -1.15. The Morgan fingerprint density at radius 1 is 1.53 bits per heavy atom. The van der Waals surface area contributed by atoms with E-state index in [2.05, 4.69) is 6.58 Å². The van der Waals surface area contributed by atoms with Gasteiger partial charge in [-0.25, -0.2) is 4.79 Å². The number of carboxylic acid groups (broad SMARTS) is 1. The fraction of sp³-hybridized carbons (Fsp3) is 0.357. The second-order valence-electron chi connectivity index (χ2n) is 4.22. The molecule has 90 valence electrons. The van der Waals surface area contributed by atoms with Crippen molar-refractivity contribution in [3.8, 4) is 0 Å². The van der Waals surface area contributed by atoms with Crippen LogP contribution in [0.1, 0.15) is 24.0 Å². The van der Waals surface area contributed by atoms with Gasteiger partial charge in [-0.2, -0.15) is 0 Å². The lowest BCUT2D eigenvalue weighted by atomic mass is 9.96. The van der Waals surface area contributed by atoms with Gasteiger partial charge in [-0.15, -0.1) is 6.58 Å². The Kier molecular flexibility index (Phi) is 3.29. The number of ether oxygens (including phenoxy) is 1. The summed E-state index contributed by atoms with van der Waals surface area (Å²) in [6.07, 6.45) is 3.67. The zero-order chi connectivity index (χ0) is 12.3. The van der Waals surface area contributed by atoms with Gasteiger partial charge in [-0.05, 0) is 30.4 Å². The van der Waals surface area contributed by atoms with Crippen molar-refractivity contribution in [2.75, 3.05) is 6.61 Å². The van der Waals surface area contributed by atoms with E-state index < -0.39 is 11.6 Å². The van der Waals surface area contributed by atoms with Crippen LogP contribution >= 0.6 is 0 Å². The first kappa shape index (κ1) is 11.9. The molecule has 0 spiro atoms. The molecule has 1 aromatic rings. The van der Waals surface area contributed by atoms with E-state index in [1.165, 1.54) is 0 Å². The van der Waals surface area contributed by atoms with Crippen molar-refractivity contribution in [1.29, 1.82) is 0 Å². The van der Waals surface area contributed by atoms with Crippen LogP contribution in [0.3, 0.4) is 0 Å². The molecule has 1 N–H and O–H groups in total. The van der Waals surface area contributed by atoms with Gasteiger partial charge in [0.05, 0.1) is 6.61 Å². The molecule has 0 aromatic heterocycles. The maximum absolute atomic E-state index is 11.5. The van der Waals surface area contributed by atoms with Crippen molar-refractivity contribution < 1.29 is 14.6 Å². The van der Waals surface area contributed by atoms with E-state index in [1.54, 1.807) is 6.08 Å². The molecule has 3 heteroatoms. The van der Waals surface area contributed by atoms with E-state index in [-0.39, 0.29) is 0 Å². The smallest absolute Gasteiger partial charge is 0.340 e. The van der Waals surface area contributed by atoms with Crippen LogP contribution in [0, 0.1) is 0 Å². The number of hydrogen-bond acceptors (Lipinski definition) is 2. The van der Waals surface area contributed by atoms with Gasteiger partial charge in [0.2, 0.25) is 0 Å². The van der Waals surface area contributed by atoms with Crippen LogP contribution in [0.25, 0.3) is 0 Å². The van der Waals surface area contributed by atoms with Gasteiger partial charge in [0, 0.05) is 0 Å². The maximum Gasteiger partial charge on any atom is 0.340 e. The summed E-state index contributed by atoms with van der Waals surface area (Å²) >= 11 is 0. The zero-order valence-electron chi connectivity index (χ0n) is 9.69. The summed E-state index contributed by atoms with van der Waals surface area (Å²) in [6, 6.07) is 7.61. The fourth-order valence-electron chi connectivity index (χ4n) is 2.33. The topological polar surface area (TPSA) is 46.5 Å². The van der Waals surface area contributed by atoms with Crippen LogP contribution < -0.4 is 0 Å². The third-order valence-electron chi connectivity index (χ3n) is 3.21. The molecule has 1 aliphatic carbocycles. The molecule has 2 rings (SSSR count). The third-order valence-corrected chi connectivity index (χ3v) is 3.21. The number of hydrogen-bond donors (Lipinski definition) is 1. The molecule has 0 fully saturated rings. The van der Waals surface area contributed by atoms with Crippen LogP contribution in [0.15, 0.2) is 36.9 Å². The molecule has 0 bridgehead atoms. The molecule has 1 atom stereocenters. The number of aryl methyl sites for hydroxylation is 1. The Morgan fingerprint density at radius 2 is 2.29 bits per heavy atom. The van der Waals surface area contributed by atoms with Crippen LogP contribution in [-0.4, -0.2) is 17.7 Å². The Bertz CT molecular complexity index is 439. The van der Waals surface area contributed by atoms with E-state index in [0.29, 0.717) is 19.4 Å². The van der Waals surface area contributed by atoms with Crippen LogP contribution in [0.5, 0.6) is 0 Å². The summed E-state index contributed by atoms with van der Waals surface area (Å²) in [6.45, 7) is 4.00. The Morgan fingerprint density at radius 3 is 3.00 bits per heavy atom. The second kappa shape index (κ2) is 4.72. The van der Waals surface area contributed by atoms with Gasteiger partial charge in [-0.1, -0.05) is 30.3 Å². The van der Waals surface area contributed by atoms with Crippen LogP contribution in [0.4, 0.5) is 0 Å². The minimum Gasteiger partial charge on any atom is -0.479 e. The third kappa shape index (κ3) is 1.98. The Hall–Kier alpha value is -1.61. The highest BCUT2D eigenvalue weighted by Gasteiger charge is 2.46. The average molecular weight is 232 g/mol. The van der Waals surface area contributed by atoms with Crippen molar-refractivity contribution in [2.45, 2.75) is 24.9 Å². The van der Waals surface area contributed by atoms with Gasteiger partial charge >= 0.3 is 5.97 Å². The minimum absolute atomic E-state index is 0.393. The van der Waals surface area contributed by atoms with Crippen molar-refractivity contribution in [1.82, 2.24) is 0 Å². The summed E-state index contributed by atoms with van der Waals surface area (Å²) in [4.78, 5) is 11.5. The molecule has 0 aliphatic heterocycles. The van der Waals surface area contributed by atoms with Crippen molar-refractivity contribution in [3.63, 3.8) is 0 Å². The standard InChI is InChI=1S/C14H16O3/c1-2-3-10-17-14(13(15)16)9-8-11-6-4-5-7-12(11)14/h2,4-7H,1,3,8-10H2,(H,15,16). The molecule has 3 nitrogen and oxygen atoms in total. The van der Waals surface area contributed by atoms with Crippen LogP contribution in [-0.2, 0) is 21.6 Å². The van der Waals surface area contributed by atoms with E-state index in [9.17, 15) is 9.90 Å². The lowest BCUT2D eigenvalue weighted by Gasteiger charge is -2.25.